The SMILES string of the molecule is CCCCCN(C(=O)C(C)NC(=O)OC(C)(C)C)C(C(=O)NC(C)CCC)c1ccc(C)c(C)c1. The van der Waals surface area contributed by atoms with E-state index in [-0.39, 0.29) is 17.9 Å². The molecule has 3 atom stereocenters. The summed E-state index contributed by atoms with van der Waals surface area (Å²) in [6.45, 7) is 17.5. The molecule has 0 fully saturated rings. The summed E-state index contributed by atoms with van der Waals surface area (Å²) < 4.78 is 5.34. The highest BCUT2D eigenvalue weighted by atomic mass is 16.6. The van der Waals surface area contributed by atoms with Gasteiger partial charge >= 0.3 is 6.09 Å². The summed E-state index contributed by atoms with van der Waals surface area (Å²) >= 11 is 0. The molecule has 0 heterocycles. The van der Waals surface area contributed by atoms with E-state index in [1.807, 2.05) is 39.0 Å². The Kier molecular flexibility index (Phi) is 12.3. The van der Waals surface area contributed by atoms with Crippen LogP contribution < -0.4 is 10.6 Å². The molecule has 1 aromatic carbocycles. The minimum atomic E-state index is -0.846. The van der Waals surface area contributed by atoms with Crippen LogP contribution in [0, 0.1) is 13.8 Å². The summed E-state index contributed by atoms with van der Waals surface area (Å²) in [5.41, 5.74) is 2.27. The molecule has 0 aliphatic rings. The Labute approximate surface area is 212 Å². The maximum Gasteiger partial charge on any atom is 0.408 e. The zero-order chi connectivity index (χ0) is 26.8. The first kappa shape index (κ1) is 30.5. The summed E-state index contributed by atoms with van der Waals surface area (Å²) in [5, 5.41) is 5.75. The molecule has 0 saturated carbocycles. The van der Waals surface area contributed by atoms with E-state index in [4.69, 9.17) is 4.74 Å². The van der Waals surface area contributed by atoms with E-state index in [0.717, 1.165) is 48.8 Å². The van der Waals surface area contributed by atoms with Crippen molar-refractivity contribution in [3.05, 3.63) is 34.9 Å². The average Bonchev–Trinajstić information content (AvgIpc) is 2.73. The smallest absolute Gasteiger partial charge is 0.408 e. The molecule has 0 bridgehead atoms. The van der Waals surface area contributed by atoms with Crippen molar-refractivity contribution in [2.24, 2.45) is 0 Å². The maximum atomic E-state index is 13.7. The predicted molar refractivity (Wildman–Crippen MR) is 141 cm³/mol. The highest BCUT2D eigenvalue weighted by Gasteiger charge is 2.35. The van der Waals surface area contributed by atoms with Gasteiger partial charge in [-0.1, -0.05) is 51.3 Å². The van der Waals surface area contributed by atoms with Crippen molar-refractivity contribution in [2.45, 2.75) is 118 Å². The Morgan fingerprint density at radius 1 is 0.971 bits per heavy atom. The van der Waals surface area contributed by atoms with Crippen molar-refractivity contribution >= 4 is 17.9 Å². The van der Waals surface area contributed by atoms with Crippen molar-refractivity contribution < 1.29 is 19.1 Å². The number of carbonyl (C=O) groups excluding carboxylic acids is 3. The van der Waals surface area contributed by atoms with Gasteiger partial charge in [-0.3, -0.25) is 9.59 Å². The highest BCUT2D eigenvalue weighted by Crippen LogP contribution is 2.26. The summed E-state index contributed by atoms with van der Waals surface area (Å²) in [7, 11) is 0. The predicted octanol–water partition coefficient (Wildman–Crippen LogP) is 5.58. The van der Waals surface area contributed by atoms with Crippen LogP contribution in [0.15, 0.2) is 18.2 Å². The average molecular weight is 490 g/mol. The molecule has 0 aliphatic carbocycles. The van der Waals surface area contributed by atoms with Crippen molar-refractivity contribution in [1.82, 2.24) is 15.5 Å². The third-order valence-electron chi connectivity index (χ3n) is 5.91. The molecule has 0 radical (unpaired) electrons. The van der Waals surface area contributed by atoms with E-state index in [0.29, 0.717) is 6.54 Å². The number of alkyl carbamates (subject to hydrolysis) is 1. The van der Waals surface area contributed by atoms with Gasteiger partial charge in [0.05, 0.1) is 0 Å². The van der Waals surface area contributed by atoms with Gasteiger partial charge in [-0.15, -0.1) is 0 Å². The first-order valence-electron chi connectivity index (χ1n) is 13.0. The summed E-state index contributed by atoms with van der Waals surface area (Å²) in [6, 6.07) is 4.24. The molecule has 0 spiro atoms. The van der Waals surface area contributed by atoms with E-state index in [2.05, 4.69) is 24.5 Å². The maximum absolute atomic E-state index is 13.7. The standard InChI is InChI=1S/C28H47N3O4/c1-10-12-13-17-31(26(33)22(6)30-27(34)35-28(7,8)9)24(25(32)29-21(5)14-11-2)23-16-15-19(3)20(4)18-23/h15-16,18,21-22,24H,10-14,17H2,1-9H3,(H,29,32)(H,30,34). The number of unbranched alkanes of at least 4 members (excludes halogenated alkanes) is 2. The second-order valence-corrected chi connectivity index (χ2v) is 10.6. The Balaban J connectivity index is 3.36. The zero-order valence-electron chi connectivity index (χ0n) is 23.3. The topological polar surface area (TPSA) is 87.7 Å². The molecule has 7 nitrogen and oxygen atoms in total. The lowest BCUT2D eigenvalue weighted by Gasteiger charge is -2.34. The number of rotatable bonds is 12. The lowest BCUT2D eigenvalue weighted by Crippen LogP contribution is -2.52. The molecule has 0 aromatic heterocycles. The number of nitrogens with zero attached hydrogens (tertiary/aromatic N) is 1. The quantitative estimate of drug-likeness (QED) is 0.375. The van der Waals surface area contributed by atoms with Crippen LogP contribution in [0.25, 0.3) is 0 Å². The van der Waals surface area contributed by atoms with Crippen molar-refractivity contribution in [3.8, 4) is 0 Å². The van der Waals surface area contributed by atoms with Gasteiger partial charge in [-0.2, -0.15) is 0 Å². The largest absolute Gasteiger partial charge is 0.444 e. The molecular formula is C28H47N3O4. The molecule has 0 saturated heterocycles. The van der Waals surface area contributed by atoms with E-state index in [9.17, 15) is 14.4 Å². The van der Waals surface area contributed by atoms with Gasteiger partial charge in [0, 0.05) is 12.6 Å². The van der Waals surface area contributed by atoms with Crippen LogP contribution in [0.5, 0.6) is 0 Å². The third kappa shape index (κ3) is 10.3. The minimum Gasteiger partial charge on any atom is -0.444 e. The molecule has 0 aliphatic heterocycles. The van der Waals surface area contributed by atoms with E-state index in [1.54, 1.807) is 32.6 Å². The normalized spacial score (nSPS) is 14.0. The Morgan fingerprint density at radius 2 is 1.63 bits per heavy atom. The molecule has 35 heavy (non-hydrogen) atoms. The van der Waals surface area contributed by atoms with Crippen LogP contribution in [0.1, 0.15) is 103 Å². The molecular weight excluding hydrogens is 442 g/mol. The fraction of sp³-hybridized carbons (Fsp3) is 0.679. The zero-order valence-corrected chi connectivity index (χ0v) is 23.3. The number of carbonyl (C=O) groups is 3. The summed E-state index contributed by atoms with van der Waals surface area (Å²) in [4.78, 5) is 41.3. The third-order valence-corrected chi connectivity index (χ3v) is 5.91. The van der Waals surface area contributed by atoms with Gasteiger partial charge < -0.3 is 20.3 Å². The van der Waals surface area contributed by atoms with Gasteiger partial charge in [-0.05, 0) is 78.0 Å². The molecule has 7 heteroatoms. The second-order valence-electron chi connectivity index (χ2n) is 10.6. The van der Waals surface area contributed by atoms with Crippen molar-refractivity contribution in [3.63, 3.8) is 0 Å². The fourth-order valence-corrected chi connectivity index (χ4v) is 3.93. The lowest BCUT2D eigenvalue weighted by atomic mass is 9.97. The van der Waals surface area contributed by atoms with Crippen LogP contribution in [0.4, 0.5) is 4.79 Å². The van der Waals surface area contributed by atoms with Gasteiger partial charge in [0.2, 0.25) is 11.8 Å². The minimum absolute atomic E-state index is 0.00792. The number of hydrogen-bond acceptors (Lipinski definition) is 4. The number of benzene rings is 1. The van der Waals surface area contributed by atoms with Crippen LogP contribution in [0.3, 0.4) is 0 Å². The van der Waals surface area contributed by atoms with Gasteiger partial charge in [0.15, 0.2) is 0 Å². The number of amides is 3. The van der Waals surface area contributed by atoms with Crippen LogP contribution in [-0.2, 0) is 14.3 Å². The molecule has 1 aromatic rings. The van der Waals surface area contributed by atoms with E-state index in [1.165, 1.54) is 0 Å². The van der Waals surface area contributed by atoms with Gasteiger partial charge in [0.1, 0.15) is 17.7 Å². The van der Waals surface area contributed by atoms with Crippen LogP contribution in [0.2, 0.25) is 0 Å². The van der Waals surface area contributed by atoms with E-state index >= 15 is 0 Å². The number of ether oxygens (including phenoxy) is 1. The second kappa shape index (κ2) is 14.1. The van der Waals surface area contributed by atoms with Gasteiger partial charge in [-0.25, -0.2) is 4.79 Å². The molecule has 1 rings (SSSR count). The molecule has 198 valence electrons. The van der Waals surface area contributed by atoms with Crippen molar-refractivity contribution in [1.29, 1.82) is 0 Å². The number of nitrogens with one attached hydrogen (secondary N) is 2. The lowest BCUT2D eigenvalue weighted by molar-refractivity contribution is -0.142. The molecule has 3 unspecified atom stereocenters. The monoisotopic (exact) mass is 489 g/mol. The first-order valence-corrected chi connectivity index (χ1v) is 13.0. The Morgan fingerprint density at radius 3 is 2.17 bits per heavy atom. The van der Waals surface area contributed by atoms with Crippen LogP contribution in [-0.4, -0.2) is 47.0 Å². The van der Waals surface area contributed by atoms with Gasteiger partial charge in [0.25, 0.3) is 0 Å². The molecule has 2 N–H and O–H groups in total. The highest BCUT2D eigenvalue weighted by molar-refractivity contribution is 5.92. The van der Waals surface area contributed by atoms with E-state index < -0.39 is 23.8 Å². The van der Waals surface area contributed by atoms with Crippen molar-refractivity contribution in [2.75, 3.05) is 6.54 Å². The molecule has 3 amide bonds. The summed E-state index contributed by atoms with van der Waals surface area (Å²) in [5.74, 6) is -0.517. The number of aryl methyl sites for hydroxylation is 2. The first-order chi connectivity index (χ1) is 16.3. The fourth-order valence-electron chi connectivity index (χ4n) is 3.93. The Hall–Kier alpha value is -2.57. The summed E-state index contributed by atoms with van der Waals surface area (Å²) in [6.07, 6.45) is 3.83. The van der Waals surface area contributed by atoms with Crippen LogP contribution >= 0.6 is 0 Å². The number of hydrogen-bond donors (Lipinski definition) is 2. The Bertz CT molecular complexity index is 847.